The van der Waals surface area contributed by atoms with Crippen molar-refractivity contribution in [3.63, 3.8) is 0 Å². The Bertz CT molecular complexity index is 2240. The van der Waals surface area contributed by atoms with E-state index < -0.39 is 17.9 Å². The van der Waals surface area contributed by atoms with E-state index in [0.29, 0.717) is 71.3 Å². The first-order valence-electron chi connectivity index (χ1n) is 24.4. The number of hydrogen-bond acceptors (Lipinski definition) is 16. The Hall–Kier alpha value is -6.71. The van der Waals surface area contributed by atoms with Crippen molar-refractivity contribution in [3.8, 4) is 0 Å². The number of nitrogens with one attached hydrogen (secondary N) is 3. The summed E-state index contributed by atoms with van der Waals surface area (Å²) in [5.74, 6) is 1.19. The molecule has 70 heavy (non-hydrogen) atoms. The van der Waals surface area contributed by atoms with Gasteiger partial charge in [-0.3, -0.25) is 0 Å². The first-order chi connectivity index (χ1) is 32.9. The molecular formula is C54H72N10O6. The zero-order chi connectivity index (χ0) is 50.8. The number of rotatable bonds is 18. The molecule has 0 radical (unpaired) electrons. The van der Waals surface area contributed by atoms with E-state index in [1.54, 1.807) is 72.8 Å². The van der Waals surface area contributed by atoms with Crippen LogP contribution in [0.2, 0.25) is 0 Å². The number of hydrogen-bond donors (Lipinski definition) is 3. The summed E-state index contributed by atoms with van der Waals surface area (Å²) in [6, 6.07) is 20.6. The third-order valence-electron chi connectivity index (χ3n) is 11.4. The molecule has 3 unspecified atom stereocenters. The van der Waals surface area contributed by atoms with Gasteiger partial charge in [-0.25, -0.2) is 19.3 Å². The van der Waals surface area contributed by atoms with E-state index in [9.17, 15) is 14.4 Å². The highest BCUT2D eigenvalue weighted by molar-refractivity contribution is 6.32. The fraction of sp³-hybridized carbons (Fsp3) is 0.500. The smallest absolute Gasteiger partial charge is 0.338 e. The SMILES string of the molecule is CC(CCOC(=O)c1ccc(NC2=NC3=NC(Nc4ccc(C(=O)OCCC(C)CC(C)(C)C)cc4)=NC4=NC(Nc5ccc(C(=O)OCCC(C)CC(C)(C)C)cc5)=NC(=N2)N34)cc1)CC(C)(C)C. The van der Waals surface area contributed by atoms with Crippen LogP contribution >= 0.6 is 0 Å². The number of benzene rings is 3. The molecule has 374 valence electrons. The molecule has 3 atom stereocenters. The van der Waals surface area contributed by atoms with Crippen LogP contribution in [-0.4, -0.2) is 78.4 Å². The molecule has 0 aliphatic carbocycles. The summed E-state index contributed by atoms with van der Waals surface area (Å²) in [6.45, 7) is 27.5. The van der Waals surface area contributed by atoms with Crippen molar-refractivity contribution in [3.05, 3.63) is 89.5 Å². The number of esters is 3. The van der Waals surface area contributed by atoms with Crippen molar-refractivity contribution < 1.29 is 28.6 Å². The van der Waals surface area contributed by atoms with Gasteiger partial charge in [0.05, 0.1) is 36.5 Å². The summed E-state index contributed by atoms with van der Waals surface area (Å²) in [6.07, 6.45) is 5.50. The van der Waals surface area contributed by atoms with Gasteiger partial charge in [0.1, 0.15) is 0 Å². The van der Waals surface area contributed by atoms with Crippen LogP contribution in [0.4, 0.5) is 17.1 Å². The lowest BCUT2D eigenvalue weighted by molar-refractivity contribution is 0.0468. The number of anilines is 3. The van der Waals surface area contributed by atoms with Crippen molar-refractivity contribution in [2.45, 2.75) is 122 Å². The monoisotopic (exact) mass is 957 g/mol. The van der Waals surface area contributed by atoms with Crippen molar-refractivity contribution in [1.82, 2.24) is 4.90 Å². The van der Waals surface area contributed by atoms with Crippen molar-refractivity contribution in [2.24, 2.45) is 64.0 Å². The molecule has 0 fully saturated rings. The fourth-order valence-corrected chi connectivity index (χ4v) is 8.66. The van der Waals surface area contributed by atoms with Gasteiger partial charge in [0.2, 0.25) is 35.8 Å². The minimum Gasteiger partial charge on any atom is -0.462 e. The summed E-state index contributed by atoms with van der Waals surface area (Å²) < 4.78 is 16.8. The normalized spacial score (nSPS) is 15.9. The zero-order valence-corrected chi connectivity index (χ0v) is 43.1. The predicted octanol–water partition coefficient (Wildman–Crippen LogP) is 11.7. The van der Waals surface area contributed by atoms with E-state index >= 15 is 0 Å². The van der Waals surface area contributed by atoms with Crippen LogP contribution in [0.25, 0.3) is 0 Å². The quantitative estimate of drug-likeness (QED) is 0.0816. The van der Waals surface area contributed by atoms with Crippen LogP contribution in [0.5, 0.6) is 0 Å². The maximum atomic E-state index is 12.9. The topological polar surface area (TPSA) is 192 Å². The highest BCUT2D eigenvalue weighted by Gasteiger charge is 2.35. The van der Waals surface area contributed by atoms with E-state index in [4.69, 9.17) is 44.2 Å². The maximum Gasteiger partial charge on any atom is 0.338 e. The molecule has 0 saturated carbocycles. The van der Waals surface area contributed by atoms with E-state index in [1.165, 1.54) is 4.90 Å². The number of guanidine groups is 6. The number of carbonyl (C=O) groups excluding carboxylic acids is 3. The summed E-state index contributed by atoms with van der Waals surface area (Å²) >= 11 is 0. The fourth-order valence-electron chi connectivity index (χ4n) is 8.66. The van der Waals surface area contributed by atoms with Crippen molar-refractivity contribution >= 4 is 70.7 Å². The Kier molecular flexibility index (Phi) is 17.2. The van der Waals surface area contributed by atoms with Crippen LogP contribution in [0, 0.1) is 34.0 Å². The molecule has 0 saturated heterocycles. The van der Waals surface area contributed by atoms with Crippen LogP contribution in [0.15, 0.2) is 103 Å². The average Bonchev–Trinajstić information content (AvgIpc) is 3.25. The molecule has 3 aliphatic rings. The van der Waals surface area contributed by atoms with E-state index in [2.05, 4.69) is 99.0 Å². The minimum absolute atomic E-state index is 0.171. The molecule has 0 amide bonds. The molecule has 6 rings (SSSR count). The predicted molar refractivity (Wildman–Crippen MR) is 281 cm³/mol. The number of aliphatic imine (C=N–C) groups is 6. The molecular weight excluding hydrogens is 885 g/mol. The lowest BCUT2D eigenvalue weighted by atomic mass is 9.84. The summed E-state index contributed by atoms with van der Waals surface area (Å²) in [4.78, 5) is 68.4. The number of ether oxygens (including phenoxy) is 3. The Morgan fingerprint density at radius 2 is 0.671 bits per heavy atom. The van der Waals surface area contributed by atoms with Crippen LogP contribution in [0.1, 0.15) is 153 Å². The van der Waals surface area contributed by atoms with Gasteiger partial charge < -0.3 is 30.2 Å². The van der Waals surface area contributed by atoms with Gasteiger partial charge in [-0.15, -0.1) is 0 Å². The number of nitrogens with zero attached hydrogens (tertiary/aromatic N) is 7. The lowest BCUT2D eigenvalue weighted by Crippen LogP contribution is -2.49. The lowest BCUT2D eigenvalue weighted by Gasteiger charge is -2.30. The largest absolute Gasteiger partial charge is 0.462 e. The van der Waals surface area contributed by atoms with Crippen LogP contribution in [0.3, 0.4) is 0 Å². The van der Waals surface area contributed by atoms with Gasteiger partial charge in [0.25, 0.3) is 0 Å². The van der Waals surface area contributed by atoms with Gasteiger partial charge in [0.15, 0.2) is 0 Å². The van der Waals surface area contributed by atoms with Gasteiger partial charge in [-0.05, 0) is 145 Å². The van der Waals surface area contributed by atoms with Crippen LogP contribution in [-0.2, 0) is 14.2 Å². The standard InChI is InChI=1S/C54H72N10O6/c1-34(31-52(4,5)6)25-28-68-43(65)37-13-19-40(20-14-37)55-46-58-49-60-47(56-41-21-15-38(16-22-41)44(66)69-29-26-35(2)32-53(7,8)9)62-51-63-48(61-50(59-46)64(49)51)57-42-23-17-39(18-24-42)45(67)70-30-27-36(3)33-54(10,11)12/h13-24,34-36H,25-33H2,1-12H3,(H3,55,56,57,58,59,60,61,62,63). The molecule has 16 nitrogen and oxygen atoms in total. The van der Waals surface area contributed by atoms with Crippen molar-refractivity contribution in [2.75, 3.05) is 35.8 Å². The summed E-state index contributed by atoms with van der Waals surface area (Å²) in [5.41, 5.74) is 3.73. The van der Waals surface area contributed by atoms with Gasteiger partial charge in [0, 0.05) is 17.1 Å². The Morgan fingerprint density at radius 3 is 0.900 bits per heavy atom. The Labute approximate surface area is 413 Å². The second kappa shape index (κ2) is 22.8. The van der Waals surface area contributed by atoms with Gasteiger partial charge in [-0.1, -0.05) is 83.1 Å². The second-order valence-corrected chi connectivity index (χ2v) is 22.4. The van der Waals surface area contributed by atoms with Gasteiger partial charge >= 0.3 is 17.9 Å². The first-order valence-corrected chi connectivity index (χ1v) is 24.4. The molecule has 0 spiro atoms. The van der Waals surface area contributed by atoms with E-state index in [1.807, 2.05) is 0 Å². The molecule has 3 aromatic carbocycles. The first kappa shape index (κ1) is 52.7. The molecule has 0 bridgehead atoms. The zero-order valence-electron chi connectivity index (χ0n) is 43.1. The highest BCUT2D eigenvalue weighted by Crippen LogP contribution is 2.29. The van der Waals surface area contributed by atoms with Gasteiger partial charge in [-0.2, -0.15) is 30.0 Å². The van der Waals surface area contributed by atoms with Crippen molar-refractivity contribution in [1.29, 1.82) is 0 Å². The molecule has 3 aliphatic heterocycles. The molecule has 3 aromatic rings. The highest BCUT2D eigenvalue weighted by atomic mass is 16.5. The van der Waals surface area contributed by atoms with E-state index in [-0.39, 0.29) is 52.0 Å². The third-order valence-corrected chi connectivity index (χ3v) is 11.4. The second-order valence-electron chi connectivity index (χ2n) is 22.4. The Balaban J connectivity index is 1.16. The maximum absolute atomic E-state index is 12.9. The Morgan fingerprint density at radius 1 is 0.429 bits per heavy atom. The van der Waals surface area contributed by atoms with E-state index in [0.717, 1.165) is 38.5 Å². The molecule has 3 heterocycles. The number of carbonyl (C=O) groups is 3. The molecule has 3 N–H and O–H groups in total. The third kappa shape index (κ3) is 16.5. The summed E-state index contributed by atoms with van der Waals surface area (Å²) in [7, 11) is 0. The average molecular weight is 957 g/mol. The minimum atomic E-state index is -0.391. The molecule has 0 aromatic heterocycles. The molecule has 16 heteroatoms. The van der Waals surface area contributed by atoms with Crippen LogP contribution < -0.4 is 16.0 Å². The summed E-state index contributed by atoms with van der Waals surface area (Å²) in [5, 5.41) is 9.64.